The predicted molar refractivity (Wildman–Crippen MR) is 76.5 cm³/mol. The van der Waals surface area contributed by atoms with Crippen LogP contribution in [0.1, 0.15) is 23.0 Å². The Balaban J connectivity index is 2.04. The maximum absolute atomic E-state index is 10.3. The summed E-state index contributed by atoms with van der Waals surface area (Å²) in [5.74, 6) is 0.530. The molecule has 0 aliphatic heterocycles. The van der Waals surface area contributed by atoms with Gasteiger partial charge in [0.15, 0.2) is 0 Å². The SMILES string of the molecule is Cc1ccc2oc(C(O)c3cccc(Cl)c3)cc2c1. The molecule has 3 rings (SSSR count). The number of rotatable bonds is 2. The highest BCUT2D eigenvalue weighted by Crippen LogP contribution is 2.29. The molecule has 1 unspecified atom stereocenters. The van der Waals surface area contributed by atoms with E-state index in [0.717, 1.165) is 22.1 Å². The Bertz CT molecular complexity index is 730. The van der Waals surface area contributed by atoms with Gasteiger partial charge in [-0.15, -0.1) is 0 Å². The van der Waals surface area contributed by atoms with Crippen LogP contribution < -0.4 is 0 Å². The average Bonchev–Trinajstić information content (AvgIpc) is 2.80. The summed E-state index contributed by atoms with van der Waals surface area (Å²) in [5, 5.41) is 11.9. The summed E-state index contributed by atoms with van der Waals surface area (Å²) in [7, 11) is 0. The van der Waals surface area contributed by atoms with Crippen LogP contribution >= 0.6 is 11.6 Å². The first kappa shape index (κ1) is 12.3. The molecule has 0 fully saturated rings. The van der Waals surface area contributed by atoms with Crippen LogP contribution in [0.4, 0.5) is 0 Å². The number of aliphatic hydroxyl groups excluding tert-OH is 1. The molecular formula is C16H13ClO2. The van der Waals surface area contributed by atoms with Gasteiger partial charge in [-0.05, 0) is 42.8 Å². The van der Waals surface area contributed by atoms with Gasteiger partial charge in [0.2, 0.25) is 0 Å². The van der Waals surface area contributed by atoms with Crippen LogP contribution in [0.15, 0.2) is 52.9 Å². The fraction of sp³-hybridized carbons (Fsp3) is 0.125. The van der Waals surface area contributed by atoms with Crippen LogP contribution in [0.2, 0.25) is 5.02 Å². The first-order chi connectivity index (χ1) is 9.13. The number of hydrogen-bond donors (Lipinski definition) is 1. The molecule has 0 spiro atoms. The highest BCUT2D eigenvalue weighted by molar-refractivity contribution is 6.30. The van der Waals surface area contributed by atoms with Crippen molar-refractivity contribution in [3.63, 3.8) is 0 Å². The number of hydrogen-bond acceptors (Lipinski definition) is 2. The van der Waals surface area contributed by atoms with Crippen LogP contribution in [0, 0.1) is 6.92 Å². The van der Waals surface area contributed by atoms with Gasteiger partial charge >= 0.3 is 0 Å². The van der Waals surface area contributed by atoms with Gasteiger partial charge in [0.1, 0.15) is 17.4 Å². The van der Waals surface area contributed by atoms with Crippen molar-refractivity contribution in [1.29, 1.82) is 0 Å². The molecule has 3 aromatic rings. The van der Waals surface area contributed by atoms with Crippen LogP contribution in [0.25, 0.3) is 11.0 Å². The quantitative estimate of drug-likeness (QED) is 0.746. The van der Waals surface area contributed by atoms with Gasteiger partial charge in [-0.2, -0.15) is 0 Å². The second-order valence-corrected chi connectivity index (χ2v) is 5.08. The summed E-state index contributed by atoms with van der Waals surface area (Å²) in [5.41, 5.74) is 2.67. The third kappa shape index (κ3) is 2.37. The lowest BCUT2D eigenvalue weighted by Crippen LogP contribution is -1.97. The molecule has 0 radical (unpaired) electrons. The second kappa shape index (κ2) is 4.72. The molecule has 1 N–H and O–H groups in total. The number of aliphatic hydroxyl groups is 1. The highest BCUT2D eigenvalue weighted by Gasteiger charge is 2.15. The lowest BCUT2D eigenvalue weighted by Gasteiger charge is -2.07. The predicted octanol–water partition coefficient (Wildman–Crippen LogP) is 4.48. The van der Waals surface area contributed by atoms with Gasteiger partial charge in [-0.3, -0.25) is 0 Å². The molecule has 1 heterocycles. The first-order valence-electron chi connectivity index (χ1n) is 6.07. The summed E-state index contributed by atoms with van der Waals surface area (Å²) >= 11 is 5.93. The van der Waals surface area contributed by atoms with Crippen molar-refractivity contribution in [2.45, 2.75) is 13.0 Å². The van der Waals surface area contributed by atoms with Gasteiger partial charge in [0.05, 0.1) is 0 Å². The van der Waals surface area contributed by atoms with Crippen molar-refractivity contribution >= 4 is 22.6 Å². The van der Waals surface area contributed by atoms with E-state index in [1.165, 1.54) is 0 Å². The van der Waals surface area contributed by atoms with Crippen molar-refractivity contribution < 1.29 is 9.52 Å². The molecule has 96 valence electrons. The third-order valence-electron chi connectivity index (χ3n) is 3.12. The third-order valence-corrected chi connectivity index (χ3v) is 3.36. The van der Waals surface area contributed by atoms with Crippen LogP contribution in [-0.4, -0.2) is 5.11 Å². The van der Waals surface area contributed by atoms with E-state index in [1.807, 2.05) is 43.3 Å². The molecule has 1 atom stereocenters. The summed E-state index contributed by atoms with van der Waals surface area (Å²) in [6.45, 7) is 2.03. The van der Waals surface area contributed by atoms with E-state index < -0.39 is 6.10 Å². The maximum atomic E-state index is 10.3. The lowest BCUT2D eigenvalue weighted by atomic mass is 10.1. The largest absolute Gasteiger partial charge is 0.458 e. The smallest absolute Gasteiger partial charge is 0.138 e. The minimum atomic E-state index is -0.800. The minimum absolute atomic E-state index is 0.530. The van der Waals surface area contributed by atoms with E-state index in [-0.39, 0.29) is 0 Å². The molecule has 1 aromatic heterocycles. The number of benzene rings is 2. The lowest BCUT2D eigenvalue weighted by molar-refractivity contribution is 0.192. The second-order valence-electron chi connectivity index (χ2n) is 4.65. The Morgan fingerprint density at radius 2 is 1.95 bits per heavy atom. The number of fused-ring (bicyclic) bond motifs is 1. The van der Waals surface area contributed by atoms with Crippen molar-refractivity contribution in [3.8, 4) is 0 Å². The topological polar surface area (TPSA) is 33.4 Å². The average molecular weight is 273 g/mol. The molecule has 0 aliphatic rings. The zero-order valence-corrected chi connectivity index (χ0v) is 11.2. The molecule has 0 aliphatic carbocycles. The summed E-state index contributed by atoms with van der Waals surface area (Å²) in [4.78, 5) is 0. The molecule has 0 saturated heterocycles. The zero-order valence-electron chi connectivity index (χ0n) is 10.4. The standard InChI is InChI=1S/C16H13ClO2/c1-10-5-6-14-12(7-10)9-15(19-14)16(18)11-3-2-4-13(17)8-11/h2-9,16,18H,1H3. The Hall–Kier alpha value is -1.77. The summed E-state index contributed by atoms with van der Waals surface area (Å²) in [6, 6.07) is 15.0. The first-order valence-corrected chi connectivity index (χ1v) is 6.45. The van der Waals surface area contributed by atoms with Gasteiger partial charge in [0, 0.05) is 10.4 Å². The van der Waals surface area contributed by atoms with Gasteiger partial charge in [-0.25, -0.2) is 0 Å². The Kier molecular flexibility index (Phi) is 3.05. The van der Waals surface area contributed by atoms with E-state index in [0.29, 0.717) is 10.8 Å². The van der Waals surface area contributed by atoms with Gasteiger partial charge in [0.25, 0.3) is 0 Å². The fourth-order valence-electron chi connectivity index (χ4n) is 2.16. The summed E-state index contributed by atoms with van der Waals surface area (Å²) in [6.07, 6.45) is -0.800. The molecule has 0 bridgehead atoms. The van der Waals surface area contributed by atoms with E-state index in [1.54, 1.807) is 12.1 Å². The monoisotopic (exact) mass is 272 g/mol. The number of halogens is 1. The van der Waals surface area contributed by atoms with Crippen molar-refractivity contribution in [2.24, 2.45) is 0 Å². The fourth-order valence-corrected chi connectivity index (χ4v) is 2.36. The molecule has 3 heteroatoms. The molecule has 2 nitrogen and oxygen atoms in total. The van der Waals surface area contributed by atoms with E-state index in [9.17, 15) is 5.11 Å². The van der Waals surface area contributed by atoms with E-state index in [2.05, 4.69) is 0 Å². The minimum Gasteiger partial charge on any atom is -0.458 e. The van der Waals surface area contributed by atoms with Gasteiger partial charge in [-0.1, -0.05) is 35.4 Å². The zero-order chi connectivity index (χ0) is 13.4. The Labute approximate surface area is 116 Å². The van der Waals surface area contributed by atoms with E-state index in [4.69, 9.17) is 16.0 Å². The Morgan fingerprint density at radius 3 is 2.74 bits per heavy atom. The van der Waals surface area contributed by atoms with Gasteiger partial charge < -0.3 is 9.52 Å². The molecule has 0 saturated carbocycles. The highest BCUT2D eigenvalue weighted by atomic mass is 35.5. The van der Waals surface area contributed by atoms with Crippen LogP contribution in [-0.2, 0) is 0 Å². The molecule has 0 amide bonds. The number of furan rings is 1. The van der Waals surface area contributed by atoms with E-state index >= 15 is 0 Å². The summed E-state index contributed by atoms with van der Waals surface area (Å²) < 4.78 is 5.69. The van der Waals surface area contributed by atoms with Crippen molar-refractivity contribution in [1.82, 2.24) is 0 Å². The molecular weight excluding hydrogens is 260 g/mol. The van der Waals surface area contributed by atoms with Crippen molar-refractivity contribution in [3.05, 3.63) is 70.4 Å². The Morgan fingerprint density at radius 1 is 1.11 bits per heavy atom. The molecule has 2 aromatic carbocycles. The number of aryl methyl sites for hydroxylation is 1. The maximum Gasteiger partial charge on any atom is 0.138 e. The van der Waals surface area contributed by atoms with Crippen LogP contribution in [0.5, 0.6) is 0 Å². The van der Waals surface area contributed by atoms with Crippen molar-refractivity contribution in [2.75, 3.05) is 0 Å². The van der Waals surface area contributed by atoms with Crippen LogP contribution in [0.3, 0.4) is 0 Å². The molecule has 19 heavy (non-hydrogen) atoms. The normalized spacial score (nSPS) is 12.8.